The van der Waals surface area contributed by atoms with Crippen molar-refractivity contribution in [1.82, 2.24) is 15.2 Å². The summed E-state index contributed by atoms with van der Waals surface area (Å²) in [6.45, 7) is 4.50. The fourth-order valence-electron chi connectivity index (χ4n) is 2.26. The second-order valence-electron chi connectivity index (χ2n) is 4.80. The first-order valence-corrected chi connectivity index (χ1v) is 6.24. The minimum absolute atomic E-state index is 0.0300. The summed E-state index contributed by atoms with van der Waals surface area (Å²) in [7, 11) is 0. The number of rotatable bonds is 4. The number of hydrogen-bond donors (Lipinski definition) is 2. The van der Waals surface area contributed by atoms with Crippen molar-refractivity contribution in [2.75, 3.05) is 13.1 Å². The van der Waals surface area contributed by atoms with Gasteiger partial charge >= 0.3 is 5.97 Å². The van der Waals surface area contributed by atoms with Gasteiger partial charge in [-0.25, -0.2) is 0 Å². The highest BCUT2D eigenvalue weighted by Gasteiger charge is 2.26. The number of carbonyl (C=O) groups is 1. The molecule has 1 aliphatic rings. The van der Waals surface area contributed by atoms with Crippen molar-refractivity contribution < 1.29 is 9.90 Å². The number of hydrogen-bond acceptors (Lipinski definition) is 4. The lowest BCUT2D eigenvalue weighted by atomic mass is 10.1. The predicted molar refractivity (Wildman–Crippen MR) is 68.2 cm³/mol. The summed E-state index contributed by atoms with van der Waals surface area (Å²) in [5, 5.41) is 12.1. The number of pyridine rings is 1. The quantitative estimate of drug-likeness (QED) is 0.823. The van der Waals surface area contributed by atoms with Crippen LogP contribution in [-0.4, -0.2) is 46.1 Å². The average molecular weight is 249 g/mol. The molecule has 2 rings (SSSR count). The molecule has 0 aromatic carbocycles. The van der Waals surface area contributed by atoms with Crippen LogP contribution < -0.4 is 5.32 Å². The van der Waals surface area contributed by atoms with Gasteiger partial charge in [0.15, 0.2) is 0 Å². The molecule has 2 N–H and O–H groups in total. The van der Waals surface area contributed by atoms with Gasteiger partial charge in [0.05, 0.1) is 12.1 Å². The van der Waals surface area contributed by atoms with Gasteiger partial charge in [0, 0.05) is 37.9 Å². The topological polar surface area (TPSA) is 65.5 Å². The summed E-state index contributed by atoms with van der Waals surface area (Å²) in [5.74, 6) is -0.750. The lowest BCUT2D eigenvalue weighted by Gasteiger charge is -2.38. The number of aromatic nitrogens is 1. The van der Waals surface area contributed by atoms with Crippen molar-refractivity contribution in [3.63, 3.8) is 0 Å². The van der Waals surface area contributed by atoms with Crippen molar-refractivity contribution in [3.8, 4) is 0 Å². The molecular formula is C13H19N3O2. The third kappa shape index (κ3) is 3.51. The van der Waals surface area contributed by atoms with Crippen LogP contribution in [0.1, 0.15) is 19.0 Å². The normalized spacial score (nSPS) is 24.9. The van der Waals surface area contributed by atoms with Gasteiger partial charge in [0.25, 0.3) is 0 Å². The molecule has 0 aliphatic carbocycles. The molecule has 18 heavy (non-hydrogen) atoms. The molecule has 1 aliphatic heterocycles. The highest BCUT2D eigenvalue weighted by molar-refractivity contribution is 5.67. The molecule has 5 heteroatoms. The Bertz CT molecular complexity index is 396. The fraction of sp³-hybridized carbons (Fsp3) is 0.538. The standard InChI is InChI=1S/C13H19N3O2/c1-10-7-15-12(6-13(17)18)9-16(10)8-11-4-2-3-5-14-11/h2-5,10,12,15H,6-9H2,1H3,(H,17,18). The van der Waals surface area contributed by atoms with Gasteiger partial charge in [-0.05, 0) is 19.1 Å². The minimum atomic E-state index is -0.750. The summed E-state index contributed by atoms with van der Waals surface area (Å²) >= 11 is 0. The van der Waals surface area contributed by atoms with Crippen LogP contribution in [0.5, 0.6) is 0 Å². The highest BCUT2D eigenvalue weighted by atomic mass is 16.4. The maximum Gasteiger partial charge on any atom is 0.304 e. The van der Waals surface area contributed by atoms with Crippen molar-refractivity contribution in [2.24, 2.45) is 0 Å². The Balaban J connectivity index is 1.95. The van der Waals surface area contributed by atoms with Crippen LogP contribution >= 0.6 is 0 Å². The van der Waals surface area contributed by atoms with E-state index in [0.29, 0.717) is 6.04 Å². The first kappa shape index (κ1) is 13.0. The van der Waals surface area contributed by atoms with Crippen molar-refractivity contribution in [2.45, 2.75) is 32.0 Å². The number of piperazine rings is 1. The highest BCUT2D eigenvalue weighted by Crippen LogP contribution is 2.12. The smallest absolute Gasteiger partial charge is 0.304 e. The lowest BCUT2D eigenvalue weighted by Crippen LogP contribution is -2.55. The fourth-order valence-corrected chi connectivity index (χ4v) is 2.26. The van der Waals surface area contributed by atoms with Crippen LogP contribution in [0.25, 0.3) is 0 Å². The van der Waals surface area contributed by atoms with E-state index in [4.69, 9.17) is 5.11 Å². The Morgan fingerprint density at radius 2 is 2.44 bits per heavy atom. The first-order chi connectivity index (χ1) is 8.65. The summed E-state index contributed by atoms with van der Waals surface area (Å²) < 4.78 is 0. The summed E-state index contributed by atoms with van der Waals surface area (Å²) in [4.78, 5) is 17.3. The van der Waals surface area contributed by atoms with Crippen molar-refractivity contribution >= 4 is 5.97 Å². The second kappa shape index (κ2) is 5.93. The monoisotopic (exact) mass is 249 g/mol. The largest absolute Gasteiger partial charge is 0.481 e. The molecule has 0 radical (unpaired) electrons. The third-order valence-corrected chi connectivity index (χ3v) is 3.29. The summed E-state index contributed by atoms with van der Waals surface area (Å²) in [5.41, 5.74) is 1.03. The Morgan fingerprint density at radius 1 is 1.61 bits per heavy atom. The number of nitrogens with zero attached hydrogens (tertiary/aromatic N) is 2. The zero-order valence-corrected chi connectivity index (χ0v) is 10.5. The van der Waals surface area contributed by atoms with E-state index >= 15 is 0 Å². The Labute approximate surface area is 107 Å². The molecule has 0 amide bonds. The van der Waals surface area contributed by atoms with E-state index in [-0.39, 0.29) is 12.5 Å². The van der Waals surface area contributed by atoms with Crippen LogP contribution in [0.15, 0.2) is 24.4 Å². The molecular weight excluding hydrogens is 230 g/mol. The van der Waals surface area contributed by atoms with Crippen LogP contribution in [-0.2, 0) is 11.3 Å². The molecule has 2 heterocycles. The van der Waals surface area contributed by atoms with Gasteiger partial charge in [0.1, 0.15) is 0 Å². The molecule has 98 valence electrons. The maximum absolute atomic E-state index is 10.7. The van der Waals surface area contributed by atoms with Gasteiger partial charge in [-0.3, -0.25) is 14.7 Å². The Morgan fingerprint density at radius 3 is 3.11 bits per heavy atom. The van der Waals surface area contributed by atoms with Gasteiger partial charge in [-0.15, -0.1) is 0 Å². The van der Waals surface area contributed by atoms with E-state index in [9.17, 15) is 4.79 Å². The molecule has 2 atom stereocenters. The number of carboxylic acids is 1. The zero-order chi connectivity index (χ0) is 13.0. The van der Waals surface area contributed by atoms with Gasteiger partial charge in [0.2, 0.25) is 0 Å². The van der Waals surface area contributed by atoms with Gasteiger partial charge < -0.3 is 10.4 Å². The predicted octanol–water partition coefficient (Wildman–Crippen LogP) is 0.719. The van der Waals surface area contributed by atoms with Gasteiger partial charge in [-0.2, -0.15) is 0 Å². The Kier molecular flexibility index (Phi) is 4.28. The molecule has 2 unspecified atom stereocenters. The summed E-state index contributed by atoms with van der Waals surface area (Å²) in [6.07, 6.45) is 1.96. The van der Waals surface area contributed by atoms with Crippen LogP contribution in [0.2, 0.25) is 0 Å². The van der Waals surface area contributed by atoms with E-state index < -0.39 is 5.97 Å². The molecule has 0 bridgehead atoms. The van der Waals surface area contributed by atoms with Crippen molar-refractivity contribution in [1.29, 1.82) is 0 Å². The van der Waals surface area contributed by atoms with E-state index in [1.165, 1.54) is 0 Å². The van der Waals surface area contributed by atoms with E-state index in [0.717, 1.165) is 25.3 Å². The minimum Gasteiger partial charge on any atom is -0.481 e. The Hall–Kier alpha value is -1.46. The second-order valence-corrected chi connectivity index (χ2v) is 4.80. The number of aliphatic carboxylic acids is 1. The molecule has 0 saturated carbocycles. The number of nitrogens with one attached hydrogen (secondary N) is 1. The molecule has 0 spiro atoms. The first-order valence-electron chi connectivity index (χ1n) is 6.24. The molecule has 1 saturated heterocycles. The molecule has 5 nitrogen and oxygen atoms in total. The van der Waals surface area contributed by atoms with Crippen LogP contribution in [0.4, 0.5) is 0 Å². The van der Waals surface area contributed by atoms with Crippen LogP contribution in [0, 0.1) is 0 Å². The SMILES string of the molecule is CC1CNC(CC(=O)O)CN1Cc1ccccn1. The lowest BCUT2D eigenvalue weighted by molar-refractivity contribution is -0.138. The van der Waals surface area contributed by atoms with Gasteiger partial charge in [-0.1, -0.05) is 6.07 Å². The van der Waals surface area contributed by atoms with Crippen molar-refractivity contribution in [3.05, 3.63) is 30.1 Å². The maximum atomic E-state index is 10.7. The number of carboxylic acid groups (broad SMARTS) is 1. The molecule has 1 fully saturated rings. The van der Waals surface area contributed by atoms with Crippen LogP contribution in [0.3, 0.4) is 0 Å². The molecule has 1 aromatic heterocycles. The third-order valence-electron chi connectivity index (χ3n) is 3.29. The van der Waals surface area contributed by atoms with E-state index in [1.807, 2.05) is 18.2 Å². The summed E-state index contributed by atoms with van der Waals surface area (Å²) in [6, 6.07) is 6.31. The zero-order valence-electron chi connectivity index (χ0n) is 10.5. The average Bonchev–Trinajstić information content (AvgIpc) is 2.34. The van der Waals surface area contributed by atoms with E-state index in [1.54, 1.807) is 6.20 Å². The van der Waals surface area contributed by atoms with E-state index in [2.05, 4.69) is 22.1 Å². The molecule has 1 aromatic rings.